The van der Waals surface area contributed by atoms with Gasteiger partial charge in [0.05, 0.1) is 10.6 Å². The molecule has 0 radical (unpaired) electrons. The Labute approximate surface area is 132 Å². The molecule has 2 rings (SSSR count). The van der Waals surface area contributed by atoms with Crippen molar-refractivity contribution in [2.45, 2.75) is 11.3 Å². The van der Waals surface area contributed by atoms with Gasteiger partial charge in [-0.1, -0.05) is 17.7 Å². The van der Waals surface area contributed by atoms with Crippen molar-refractivity contribution < 1.29 is 17.6 Å². The van der Waals surface area contributed by atoms with E-state index in [1.165, 1.54) is 42.5 Å². The number of halogens is 2. The summed E-state index contributed by atoms with van der Waals surface area (Å²) >= 11 is 5.70. The van der Waals surface area contributed by atoms with Gasteiger partial charge in [-0.15, -0.1) is 0 Å². The second-order valence-corrected chi connectivity index (χ2v) is 7.13. The zero-order valence-electron chi connectivity index (χ0n) is 11.4. The predicted octanol–water partition coefficient (Wildman–Crippen LogP) is 3.28. The molecule has 0 aliphatic carbocycles. The third-order valence-electron chi connectivity index (χ3n) is 2.88. The van der Waals surface area contributed by atoms with Gasteiger partial charge in [-0.2, -0.15) is 0 Å². The summed E-state index contributed by atoms with van der Waals surface area (Å²) in [6.45, 7) is 0. The summed E-state index contributed by atoms with van der Waals surface area (Å²) in [7, 11) is -3.57. The van der Waals surface area contributed by atoms with E-state index < -0.39 is 21.6 Å². The monoisotopic (exact) mass is 341 g/mol. The van der Waals surface area contributed by atoms with Crippen LogP contribution in [-0.2, 0) is 14.6 Å². The van der Waals surface area contributed by atoms with Gasteiger partial charge in [-0.25, -0.2) is 12.8 Å². The average Bonchev–Trinajstić information content (AvgIpc) is 2.46. The van der Waals surface area contributed by atoms with Crippen molar-refractivity contribution in [3.05, 3.63) is 59.4 Å². The lowest BCUT2D eigenvalue weighted by Gasteiger charge is -2.06. The van der Waals surface area contributed by atoms with E-state index in [2.05, 4.69) is 5.32 Å². The molecular weight excluding hydrogens is 329 g/mol. The number of nitrogens with one attached hydrogen (secondary N) is 1. The minimum Gasteiger partial charge on any atom is -0.326 e. The molecule has 0 saturated carbocycles. The van der Waals surface area contributed by atoms with Crippen LogP contribution in [0.2, 0.25) is 5.02 Å². The van der Waals surface area contributed by atoms with Crippen LogP contribution in [0, 0.1) is 5.82 Å². The van der Waals surface area contributed by atoms with Crippen molar-refractivity contribution in [1.82, 2.24) is 0 Å². The average molecular weight is 342 g/mol. The highest BCUT2D eigenvalue weighted by molar-refractivity contribution is 7.91. The fourth-order valence-corrected chi connectivity index (χ4v) is 3.14. The molecule has 7 heteroatoms. The Morgan fingerprint density at radius 3 is 2.45 bits per heavy atom. The molecule has 0 spiro atoms. The van der Waals surface area contributed by atoms with E-state index in [4.69, 9.17) is 11.6 Å². The van der Waals surface area contributed by atoms with Crippen molar-refractivity contribution in [3.8, 4) is 0 Å². The molecule has 1 amide bonds. The van der Waals surface area contributed by atoms with Crippen LogP contribution in [0.5, 0.6) is 0 Å². The lowest BCUT2D eigenvalue weighted by molar-refractivity contribution is -0.115. The van der Waals surface area contributed by atoms with Crippen LogP contribution >= 0.6 is 11.6 Å². The van der Waals surface area contributed by atoms with E-state index >= 15 is 0 Å². The van der Waals surface area contributed by atoms with Crippen molar-refractivity contribution in [1.29, 1.82) is 0 Å². The molecule has 116 valence electrons. The second-order valence-electron chi connectivity index (χ2n) is 4.58. The van der Waals surface area contributed by atoms with Crippen LogP contribution in [-0.4, -0.2) is 20.1 Å². The number of amides is 1. The molecule has 4 nitrogen and oxygen atoms in total. The maximum absolute atomic E-state index is 13.0. The molecule has 0 unspecified atom stereocenters. The summed E-state index contributed by atoms with van der Waals surface area (Å²) in [5.41, 5.74) is 0.286. The second kappa shape index (κ2) is 6.89. The highest BCUT2D eigenvalue weighted by Crippen LogP contribution is 2.16. The molecule has 0 aliphatic rings. The zero-order valence-corrected chi connectivity index (χ0v) is 13.0. The Morgan fingerprint density at radius 2 is 1.82 bits per heavy atom. The van der Waals surface area contributed by atoms with Crippen LogP contribution in [0.1, 0.15) is 6.42 Å². The Morgan fingerprint density at radius 1 is 1.14 bits per heavy atom. The summed E-state index contributed by atoms with van der Waals surface area (Å²) in [6.07, 6.45) is -0.221. The third-order valence-corrected chi connectivity index (χ3v) is 4.86. The molecule has 0 aliphatic heterocycles. The molecule has 0 aromatic heterocycles. The Kier molecular flexibility index (Phi) is 5.15. The quantitative estimate of drug-likeness (QED) is 0.907. The maximum atomic E-state index is 13.0. The first kappa shape index (κ1) is 16.5. The van der Waals surface area contributed by atoms with Crippen LogP contribution in [0.25, 0.3) is 0 Å². The molecule has 22 heavy (non-hydrogen) atoms. The zero-order chi connectivity index (χ0) is 16.2. The fourth-order valence-electron chi connectivity index (χ4n) is 1.78. The van der Waals surface area contributed by atoms with Crippen LogP contribution in [0.4, 0.5) is 10.1 Å². The Balaban J connectivity index is 1.97. The first-order valence-electron chi connectivity index (χ1n) is 6.40. The number of benzene rings is 2. The van der Waals surface area contributed by atoms with Gasteiger partial charge in [0.2, 0.25) is 5.91 Å². The van der Waals surface area contributed by atoms with Crippen LogP contribution in [0.15, 0.2) is 53.4 Å². The lowest BCUT2D eigenvalue weighted by atomic mass is 10.3. The lowest BCUT2D eigenvalue weighted by Crippen LogP contribution is -2.17. The first-order valence-corrected chi connectivity index (χ1v) is 8.43. The Bertz CT molecular complexity index is 776. The SMILES string of the molecule is O=C(CCS(=O)(=O)c1ccc(Cl)cc1)Nc1cccc(F)c1. The van der Waals surface area contributed by atoms with E-state index in [1.54, 1.807) is 0 Å². The van der Waals surface area contributed by atoms with Gasteiger partial charge >= 0.3 is 0 Å². The number of hydrogen-bond donors (Lipinski definition) is 1. The van der Waals surface area contributed by atoms with E-state index in [0.717, 1.165) is 6.07 Å². The summed E-state index contributed by atoms with van der Waals surface area (Å²) in [6, 6.07) is 11.1. The number of rotatable bonds is 5. The topological polar surface area (TPSA) is 63.2 Å². The minimum atomic E-state index is -3.57. The standard InChI is InChI=1S/C15H13ClFNO3S/c16-11-4-6-14(7-5-11)22(20,21)9-8-15(19)18-13-3-1-2-12(17)10-13/h1-7,10H,8-9H2,(H,18,19). The summed E-state index contributed by atoms with van der Waals surface area (Å²) in [4.78, 5) is 11.8. The molecule has 0 saturated heterocycles. The van der Waals surface area contributed by atoms with Crippen molar-refractivity contribution in [2.24, 2.45) is 0 Å². The highest BCUT2D eigenvalue weighted by Gasteiger charge is 2.16. The van der Waals surface area contributed by atoms with Gasteiger partial charge in [0.25, 0.3) is 0 Å². The van der Waals surface area contributed by atoms with Gasteiger partial charge in [-0.3, -0.25) is 4.79 Å². The van der Waals surface area contributed by atoms with Gasteiger partial charge in [0.1, 0.15) is 5.82 Å². The number of anilines is 1. The number of sulfone groups is 1. The van der Waals surface area contributed by atoms with E-state index in [0.29, 0.717) is 5.02 Å². The first-order chi connectivity index (χ1) is 10.4. The van der Waals surface area contributed by atoms with Crippen LogP contribution < -0.4 is 5.32 Å². The summed E-state index contributed by atoms with van der Waals surface area (Å²) in [5, 5.41) is 2.88. The Hall–Kier alpha value is -1.92. The summed E-state index contributed by atoms with van der Waals surface area (Å²) < 4.78 is 37.1. The maximum Gasteiger partial charge on any atom is 0.225 e. The van der Waals surface area contributed by atoms with Gasteiger partial charge in [0, 0.05) is 17.1 Å². The molecular formula is C15H13ClFNO3S. The smallest absolute Gasteiger partial charge is 0.225 e. The molecule has 0 atom stereocenters. The van der Waals surface area contributed by atoms with Gasteiger partial charge in [0.15, 0.2) is 9.84 Å². The molecule has 0 fully saturated rings. The molecule has 0 bridgehead atoms. The van der Waals surface area contributed by atoms with E-state index in [-0.39, 0.29) is 22.8 Å². The number of hydrogen-bond acceptors (Lipinski definition) is 3. The van der Waals surface area contributed by atoms with Crippen molar-refractivity contribution >= 4 is 33.0 Å². The third kappa shape index (κ3) is 4.54. The van der Waals surface area contributed by atoms with Gasteiger partial charge in [-0.05, 0) is 42.5 Å². The summed E-state index contributed by atoms with van der Waals surface area (Å²) in [5.74, 6) is -1.31. The van der Waals surface area contributed by atoms with E-state index in [9.17, 15) is 17.6 Å². The van der Waals surface area contributed by atoms with Crippen molar-refractivity contribution in [2.75, 3.05) is 11.1 Å². The van der Waals surface area contributed by atoms with E-state index in [1.807, 2.05) is 0 Å². The normalized spacial score (nSPS) is 11.2. The van der Waals surface area contributed by atoms with Crippen molar-refractivity contribution in [3.63, 3.8) is 0 Å². The van der Waals surface area contributed by atoms with Crippen LogP contribution in [0.3, 0.4) is 0 Å². The fraction of sp³-hybridized carbons (Fsp3) is 0.133. The predicted molar refractivity (Wildman–Crippen MR) is 83.2 cm³/mol. The minimum absolute atomic E-state index is 0.107. The number of carbonyl (C=O) groups excluding carboxylic acids is 1. The van der Waals surface area contributed by atoms with Gasteiger partial charge < -0.3 is 5.32 Å². The molecule has 2 aromatic carbocycles. The highest BCUT2D eigenvalue weighted by atomic mass is 35.5. The molecule has 0 heterocycles. The largest absolute Gasteiger partial charge is 0.326 e. The number of carbonyl (C=O) groups is 1. The molecule has 2 aromatic rings. The molecule has 1 N–H and O–H groups in total.